The molecule has 160 valence electrons. The highest BCUT2D eigenvalue weighted by Crippen LogP contribution is 2.39. The van der Waals surface area contributed by atoms with Crippen molar-refractivity contribution in [3.05, 3.63) is 45.9 Å². The van der Waals surface area contributed by atoms with Gasteiger partial charge in [0.25, 0.3) is 5.91 Å². The van der Waals surface area contributed by atoms with Crippen molar-refractivity contribution < 1.29 is 19.1 Å². The van der Waals surface area contributed by atoms with Crippen LogP contribution in [0.3, 0.4) is 0 Å². The summed E-state index contributed by atoms with van der Waals surface area (Å²) in [5.74, 6) is 0.770. The minimum absolute atomic E-state index is 0.0244. The maximum absolute atomic E-state index is 13.0. The lowest BCUT2D eigenvalue weighted by Crippen LogP contribution is -2.47. The second-order valence-electron chi connectivity index (χ2n) is 8.14. The number of esters is 1. The van der Waals surface area contributed by atoms with Gasteiger partial charge < -0.3 is 14.4 Å². The SMILES string of the molecule is Cc1ncsc1C(=O)N1CCC2(CCCCc3ccccc3OCCOC2=O)CC1. The average Bonchev–Trinajstić information content (AvgIpc) is 3.20. The summed E-state index contributed by atoms with van der Waals surface area (Å²) in [6, 6.07) is 8.08. The molecule has 0 unspecified atom stereocenters. The third-order valence-corrected chi connectivity index (χ3v) is 7.20. The van der Waals surface area contributed by atoms with Crippen molar-refractivity contribution in [2.45, 2.75) is 45.4 Å². The van der Waals surface area contributed by atoms with E-state index in [2.05, 4.69) is 11.1 Å². The number of likely N-dealkylation sites (tertiary alicyclic amines) is 1. The molecule has 0 aliphatic carbocycles. The van der Waals surface area contributed by atoms with Crippen LogP contribution in [-0.4, -0.2) is 48.1 Å². The summed E-state index contributed by atoms with van der Waals surface area (Å²) in [5, 5.41) is 0. The van der Waals surface area contributed by atoms with Gasteiger partial charge in [0.1, 0.15) is 23.8 Å². The summed E-state index contributed by atoms with van der Waals surface area (Å²) in [7, 11) is 0. The van der Waals surface area contributed by atoms with Gasteiger partial charge in [-0.05, 0) is 50.7 Å². The molecule has 2 aliphatic heterocycles. The van der Waals surface area contributed by atoms with Crippen LogP contribution in [0.1, 0.15) is 53.0 Å². The van der Waals surface area contributed by atoms with E-state index in [0.29, 0.717) is 37.4 Å². The minimum Gasteiger partial charge on any atom is -0.490 e. The molecule has 0 saturated carbocycles. The quantitative estimate of drug-likeness (QED) is 0.642. The molecule has 0 radical (unpaired) electrons. The Morgan fingerprint density at radius 1 is 1.10 bits per heavy atom. The fraction of sp³-hybridized carbons (Fsp3) is 0.522. The second-order valence-corrected chi connectivity index (χ2v) is 8.99. The first-order valence-corrected chi connectivity index (χ1v) is 11.5. The van der Waals surface area contributed by atoms with Gasteiger partial charge in [0, 0.05) is 13.1 Å². The number of para-hydroxylation sites is 1. The lowest BCUT2D eigenvalue weighted by atomic mass is 9.74. The van der Waals surface area contributed by atoms with Crippen LogP contribution >= 0.6 is 11.3 Å². The summed E-state index contributed by atoms with van der Waals surface area (Å²) in [6.45, 7) is 3.61. The lowest BCUT2D eigenvalue weighted by molar-refractivity contribution is -0.160. The van der Waals surface area contributed by atoms with Crippen molar-refractivity contribution in [1.29, 1.82) is 0 Å². The van der Waals surface area contributed by atoms with Crippen LogP contribution in [0, 0.1) is 12.3 Å². The van der Waals surface area contributed by atoms with Gasteiger partial charge in [0.15, 0.2) is 0 Å². The first kappa shape index (κ1) is 20.8. The molecule has 2 aromatic rings. The Morgan fingerprint density at radius 3 is 2.63 bits per heavy atom. The Morgan fingerprint density at radius 2 is 1.87 bits per heavy atom. The molecule has 6 nitrogen and oxygen atoms in total. The highest BCUT2D eigenvalue weighted by molar-refractivity contribution is 7.11. The summed E-state index contributed by atoms with van der Waals surface area (Å²) in [6.07, 6.45) is 4.98. The summed E-state index contributed by atoms with van der Waals surface area (Å²) < 4.78 is 11.5. The van der Waals surface area contributed by atoms with E-state index < -0.39 is 5.41 Å². The van der Waals surface area contributed by atoms with E-state index in [-0.39, 0.29) is 18.5 Å². The number of fused-ring (bicyclic) bond motifs is 1. The van der Waals surface area contributed by atoms with Gasteiger partial charge >= 0.3 is 5.97 Å². The third-order valence-electron chi connectivity index (χ3n) is 6.28. The van der Waals surface area contributed by atoms with Gasteiger partial charge in [-0.2, -0.15) is 0 Å². The predicted octanol–water partition coefficient (Wildman–Crippen LogP) is 4.02. The maximum Gasteiger partial charge on any atom is 0.312 e. The summed E-state index contributed by atoms with van der Waals surface area (Å²) in [5.41, 5.74) is 3.19. The number of carbonyl (C=O) groups is 2. The van der Waals surface area contributed by atoms with Crippen LogP contribution in [-0.2, 0) is 16.0 Å². The van der Waals surface area contributed by atoms with Crippen molar-refractivity contribution in [2.75, 3.05) is 26.3 Å². The molecule has 7 heteroatoms. The summed E-state index contributed by atoms with van der Waals surface area (Å²) >= 11 is 1.38. The molecule has 4 rings (SSSR count). The van der Waals surface area contributed by atoms with E-state index in [1.165, 1.54) is 16.9 Å². The van der Waals surface area contributed by atoms with Crippen LogP contribution in [0.25, 0.3) is 0 Å². The molecule has 2 aliphatic rings. The fourth-order valence-corrected chi connectivity index (χ4v) is 5.18. The van der Waals surface area contributed by atoms with E-state index in [4.69, 9.17) is 9.47 Å². The van der Waals surface area contributed by atoms with E-state index >= 15 is 0 Å². The first-order chi connectivity index (χ1) is 14.6. The molecule has 1 spiro atoms. The number of ether oxygens (including phenoxy) is 2. The van der Waals surface area contributed by atoms with Crippen LogP contribution < -0.4 is 4.74 Å². The Hall–Kier alpha value is -2.41. The minimum atomic E-state index is -0.502. The lowest BCUT2D eigenvalue weighted by Gasteiger charge is -2.40. The number of hydrogen-bond acceptors (Lipinski definition) is 6. The number of amides is 1. The Labute approximate surface area is 181 Å². The van der Waals surface area contributed by atoms with Gasteiger partial charge in [-0.1, -0.05) is 24.6 Å². The third kappa shape index (κ3) is 4.36. The van der Waals surface area contributed by atoms with Crippen molar-refractivity contribution >= 4 is 23.2 Å². The number of hydrogen-bond donors (Lipinski definition) is 0. The second kappa shape index (κ2) is 9.16. The number of thiazole rings is 1. The smallest absolute Gasteiger partial charge is 0.312 e. The van der Waals surface area contributed by atoms with Gasteiger partial charge in [-0.25, -0.2) is 4.98 Å². The zero-order valence-corrected chi connectivity index (χ0v) is 18.2. The number of benzene rings is 1. The molecular weight excluding hydrogens is 400 g/mol. The average molecular weight is 429 g/mol. The monoisotopic (exact) mass is 428 g/mol. The Bertz CT molecular complexity index is 902. The highest BCUT2D eigenvalue weighted by Gasteiger charge is 2.43. The Kier molecular flexibility index (Phi) is 6.37. The van der Waals surface area contributed by atoms with Gasteiger partial charge in [0.05, 0.1) is 16.6 Å². The molecule has 1 aromatic carbocycles. The van der Waals surface area contributed by atoms with Crippen LogP contribution in [0.15, 0.2) is 29.8 Å². The number of cyclic esters (lactones) is 1. The number of piperidine rings is 1. The molecule has 0 N–H and O–H groups in total. The van der Waals surface area contributed by atoms with E-state index in [1.54, 1.807) is 5.51 Å². The van der Waals surface area contributed by atoms with E-state index in [0.717, 1.165) is 37.1 Å². The number of aromatic nitrogens is 1. The standard InChI is InChI=1S/C23H28N2O4S/c1-17-20(30-16-24-17)21(26)25-12-10-23(11-13-25)9-5-4-7-18-6-2-3-8-19(18)28-14-15-29-22(23)27/h2-3,6,8,16H,4-5,7,9-15H2,1H3. The van der Waals surface area contributed by atoms with Gasteiger partial charge in [-0.15, -0.1) is 11.3 Å². The van der Waals surface area contributed by atoms with Crippen molar-refractivity contribution in [1.82, 2.24) is 9.88 Å². The molecule has 0 bridgehead atoms. The number of carbonyl (C=O) groups excluding carboxylic acids is 2. The highest BCUT2D eigenvalue weighted by atomic mass is 32.1. The van der Waals surface area contributed by atoms with Crippen molar-refractivity contribution in [3.8, 4) is 5.75 Å². The molecule has 1 aromatic heterocycles. The molecule has 1 amide bonds. The molecule has 30 heavy (non-hydrogen) atoms. The number of rotatable bonds is 1. The summed E-state index contributed by atoms with van der Waals surface area (Å²) in [4.78, 5) is 32.6. The van der Waals surface area contributed by atoms with Crippen LogP contribution in [0.4, 0.5) is 0 Å². The zero-order chi connectivity index (χ0) is 21.0. The number of aryl methyl sites for hydroxylation is 2. The zero-order valence-electron chi connectivity index (χ0n) is 17.4. The van der Waals surface area contributed by atoms with Crippen molar-refractivity contribution in [2.24, 2.45) is 5.41 Å². The van der Waals surface area contributed by atoms with Gasteiger partial charge in [-0.3, -0.25) is 9.59 Å². The largest absolute Gasteiger partial charge is 0.490 e. The van der Waals surface area contributed by atoms with Crippen molar-refractivity contribution in [3.63, 3.8) is 0 Å². The fourth-order valence-electron chi connectivity index (χ4n) is 4.41. The predicted molar refractivity (Wildman–Crippen MR) is 115 cm³/mol. The molecular formula is C23H28N2O4S. The molecule has 0 atom stereocenters. The number of nitrogens with zero attached hydrogens (tertiary/aromatic N) is 2. The van der Waals surface area contributed by atoms with E-state index in [9.17, 15) is 9.59 Å². The molecule has 1 saturated heterocycles. The van der Waals surface area contributed by atoms with E-state index in [1.807, 2.05) is 30.0 Å². The normalized spacial score (nSPS) is 19.8. The van der Waals surface area contributed by atoms with Gasteiger partial charge in [0.2, 0.25) is 0 Å². The first-order valence-electron chi connectivity index (χ1n) is 10.7. The maximum atomic E-state index is 13.0. The molecule has 1 fully saturated rings. The Balaban J connectivity index is 1.42. The van der Waals surface area contributed by atoms with Crippen LogP contribution in [0.5, 0.6) is 5.75 Å². The molecule has 3 heterocycles. The van der Waals surface area contributed by atoms with Crippen LogP contribution in [0.2, 0.25) is 0 Å². The topological polar surface area (TPSA) is 68.7 Å².